The molecule has 1 saturated heterocycles. The second kappa shape index (κ2) is 11.0. The van der Waals surface area contributed by atoms with E-state index >= 15 is 0 Å². The normalized spacial score (nSPS) is 17.7. The van der Waals surface area contributed by atoms with Crippen molar-refractivity contribution in [1.82, 2.24) is 5.32 Å². The molecule has 6 nitrogen and oxygen atoms in total. The van der Waals surface area contributed by atoms with Crippen LogP contribution in [-0.4, -0.2) is 32.6 Å². The van der Waals surface area contributed by atoms with Gasteiger partial charge in [0.05, 0.1) is 26.2 Å². The van der Waals surface area contributed by atoms with Crippen molar-refractivity contribution in [3.8, 4) is 11.5 Å². The molecular weight excluding hydrogens is 447 g/mol. The van der Waals surface area contributed by atoms with E-state index in [1.54, 1.807) is 43.4 Å². The number of halogens is 1. The molecule has 3 aromatic carbocycles. The molecule has 1 heterocycles. The monoisotopic (exact) mass is 476 g/mol. The predicted octanol–water partition coefficient (Wildman–Crippen LogP) is 4.69. The van der Waals surface area contributed by atoms with Crippen molar-refractivity contribution >= 4 is 17.5 Å². The van der Waals surface area contributed by atoms with Crippen molar-refractivity contribution < 1.29 is 23.5 Å². The Hall–Kier alpha value is -3.87. The summed E-state index contributed by atoms with van der Waals surface area (Å²) >= 11 is 0. The minimum Gasteiger partial charge on any atom is -0.497 e. The van der Waals surface area contributed by atoms with Gasteiger partial charge in [0.15, 0.2) is 0 Å². The zero-order valence-electron chi connectivity index (χ0n) is 19.9. The van der Waals surface area contributed by atoms with Crippen molar-refractivity contribution in [2.45, 2.75) is 25.3 Å². The molecule has 2 amide bonds. The van der Waals surface area contributed by atoms with Gasteiger partial charge in [-0.15, -0.1) is 0 Å². The van der Waals surface area contributed by atoms with Crippen LogP contribution in [0.5, 0.6) is 11.5 Å². The van der Waals surface area contributed by atoms with E-state index in [1.165, 1.54) is 12.1 Å². The zero-order valence-corrected chi connectivity index (χ0v) is 19.9. The third kappa shape index (κ3) is 5.45. The number of anilines is 1. The fourth-order valence-electron chi connectivity index (χ4n) is 4.59. The lowest BCUT2D eigenvalue weighted by Crippen LogP contribution is -2.48. The molecule has 7 heteroatoms. The number of nitrogens with one attached hydrogen (secondary N) is 1. The SMILES string of the molecule is COc1ccc(N2C(=O)CCC(C(=O)NCCc3ccc(F)cc3)C2c2ccccc2OC)cc1. The first-order chi connectivity index (χ1) is 17.0. The van der Waals surface area contributed by atoms with Crippen LogP contribution in [0.15, 0.2) is 72.8 Å². The molecule has 1 fully saturated rings. The molecule has 2 atom stereocenters. The van der Waals surface area contributed by atoms with E-state index in [4.69, 9.17) is 9.47 Å². The summed E-state index contributed by atoms with van der Waals surface area (Å²) in [6, 6.07) is 20.4. The molecule has 3 aromatic rings. The highest BCUT2D eigenvalue weighted by molar-refractivity contribution is 5.97. The number of para-hydroxylation sites is 1. The highest BCUT2D eigenvalue weighted by Crippen LogP contribution is 2.43. The average molecular weight is 477 g/mol. The van der Waals surface area contributed by atoms with Crippen molar-refractivity contribution in [1.29, 1.82) is 0 Å². The van der Waals surface area contributed by atoms with Gasteiger partial charge in [-0.3, -0.25) is 9.59 Å². The van der Waals surface area contributed by atoms with Gasteiger partial charge in [-0.05, 0) is 60.9 Å². The quantitative estimate of drug-likeness (QED) is 0.512. The molecule has 0 spiro atoms. The molecule has 0 bridgehead atoms. The minimum absolute atomic E-state index is 0.0542. The highest BCUT2D eigenvalue weighted by atomic mass is 19.1. The topological polar surface area (TPSA) is 67.9 Å². The van der Waals surface area contributed by atoms with Gasteiger partial charge in [-0.2, -0.15) is 0 Å². The Balaban J connectivity index is 1.63. The maximum Gasteiger partial charge on any atom is 0.227 e. The van der Waals surface area contributed by atoms with Gasteiger partial charge < -0.3 is 19.7 Å². The van der Waals surface area contributed by atoms with Crippen molar-refractivity contribution in [2.24, 2.45) is 5.92 Å². The minimum atomic E-state index is -0.536. The van der Waals surface area contributed by atoms with Gasteiger partial charge in [-0.25, -0.2) is 4.39 Å². The van der Waals surface area contributed by atoms with E-state index in [-0.39, 0.29) is 24.1 Å². The molecule has 4 rings (SSSR count). The summed E-state index contributed by atoms with van der Waals surface area (Å²) < 4.78 is 24.1. The molecule has 35 heavy (non-hydrogen) atoms. The summed E-state index contributed by atoms with van der Waals surface area (Å²) in [7, 11) is 3.17. The number of carbonyl (C=O) groups excluding carboxylic acids is 2. The molecule has 0 aliphatic carbocycles. The maximum atomic E-state index is 13.4. The van der Waals surface area contributed by atoms with E-state index < -0.39 is 12.0 Å². The molecule has 1 aliphatic rings. The Bertz CT molecular complexity index is 1160. The third-order valence-corrected chi connectivity index (χ3v) is 6.37. The van der Waals surface area contributed by atoms with Crippen molar-refractivity contribution in [3.05, 3.63) is 89.7 Å². The van der Waals surface area contributed by atoms with Gasteiger partial charge in [0.1, 0.15) is 17.3 Å². The largest absolute Gasteiger partial charge is 0.497 e. The first-order valence-corrected chi connectivity index (χ1v) is 11.6. The van der Waals surface area contributed by atoms with Crippen LogP contribution in [0.3, 0.4) is 0 Å². The van der Waals surface area contributed by atoms with Crippen molar-refractivity contribution in [3.63, 3.8) is 0 Å². The number of nitrogens with zero attached hydrogens (tertiary/aromatic N) is 1. The van der Waals surface area contributed by atoms with Crippen molar-refractivity contribution in [2.75, 3.05) is 25.7 Å². The number of carbonyl (C=O) groups is 2. The second-order valence-corrected chi connectivity index (χ2v) is 8.46. The van der Waals surface area contributed by atoms with E-state index in [1.807, 2.05) is 36.4 Å². The molecule has 2 unspecified atom stereocenters. The maximum absolute atomic E-state index is 13.4. The van der Waals surface area contributed by atoms with Gasteiger partial charge in [-0.1, -0.05) is 30.3 Å². The lowest BCUT2D eigenvalue weighted by Gasteiger charge is -2.41. The summed E-state index contributed by atoms with van der Waals surface area (Å²) in [5, 5.41) is 3.03. The fraction of sp³-hybridized carbons (Fsp3) is 0.286. The lowest BCUT2D eigenvalue weighted by atomic mass is 9.82. The van der Waals surface area contributed by atoms with E-state index in [2.05, 4.69) is 5.32 Å². The summed E-state index contributed by atoms with van der Waals surface area (Å²) in [4.78, 5) is 28.4. The number of piperidine rings is 1. The standard InChI is InChI=1S/C28H29FN2O4/c1-34-22-13-11-21(12-14-22)31-26(32)16-15-24(27(31)23-5-3-4-6-25(23)35-2)28(33)30-18-17-19-7-9-20(29)10-8-19/h3-14,24,27H,15-18H2,1-2H3,(H,30,33). The highest BCUT2D eigenvalue weighted by Gasteiger charge is 2.42. The number of methoxy groups -OCH3 is 2. The molecule has 182 valence electrons. The first kappa shape index (κ1) is 24.3. The average Bonchev–Trinajstić information content (AvgIpc) is 2.89. The smallest absolute Gasteiger partial charge is 0.227 e. The molecular formula is C28H29FN2O4. The van der Waals surface area contributed by atoms with E-state index in [9.17, 15) is 14.0 Å². The van der Waals surface area contributed by atoms with Gasteiger partial charge in [0.2, 0.25) is 11.8 Å². The Morgan fingerprint density at radius 3 is 2.40 bits per heavy atom. The molecule has 0 radical (unpaired) electrons. The summed E-state index contributed by atoms with van der Waals surface area (Å²) in [6.07, 6.45) is 1.27. The van der Waals surface area contributed by atoms with E-state index in [0.717, 1.165) is 11.1 Å². The molecule has 1 N–H and O–H groups in total. The lowest BCUT2D eigenvalue weighted by molar-refractivity contribution is -0.129. The van der Waals surface area contributed by atoms with E-state index in [0.29, 0.717) is 36.6 Å². The Morgan fingerprint density at radius 1 is 1.00 bits per heavy atom. The van der Waals surface area contributed by atoms with Gasteiger partial charge >= 0.3 is 0 Å². The summed E-state index contributed by atoms with van der Waals surface area (Å²) in [5.41, 5.74) is 2.40. The fourth-order valence-corrected chi connectivity index (χ4v) is 4.59. The zero-order chi connectivity index (χ0) is 24.8. The number of hydrogen-bond donors (Lipinski definition) is 1. The number of hydrogen-bond acceptors (Lipinski definition) is 4. The van der Waals surface area contributed by atoms with Crippen LogP contribution in [-0.2, 0) is 16.0 Å². The molecule has 0 saturated carbocycles. The Labute approximate surface area is 204 Å². The van der Waals surface area contributed by atoms with Gasteiger partial charge in [0, 0.05) is 24.2 Å². The van der Waals surface area contributed by atoms with Crippen LogP contribution >= 0.6 is 0 Å². The molecule has 1 aliphatic heterocycles. The van der Waals surface area contributed by atoms with Crippen LogP contribution in [0.25, 0.3) is 0 Å². The summed E-state index contributed by atoms with van der Waals surface area (Å²) in [5.74, 6) is 0.356. The summed E-state index contributed by atoms with van der Waals surface area (Å²) in [6.45, 7) is 0.413. The first-order valence-electron chi connectivity index (χ1n) is 11.6. The van der Waals surface area contributed by atoms with Gasteiger partial charge in [0.25, 0.3) is 0 Å². The number of ether oxygens (including phenoxy) is 2. The number of rotatable bonds is 8. The second-order valence-electron chi connectivity index (χ2n) is 8.46. The van der Waals surface area contributed by atoms with Crippen LogP contribution < -0.4 is 19.7 Å². The third-order valence-electron chi connectivity index (χ3n) is 6.37. The Morgan fingerprint density at radius 2 is 1.71 bits per heavy atom. The molecule has 0 aromatic heterocycles. The van der Waals surface area contributed by atoms with Crippen LogP contribution in [0, 0.1) is 11.7 Å². The van der Waals surface area contributed by atoms with Crippen LogP contribution in [0.2, 0.25) is 0 Å². The van der Waals surface area contributed by atoms with Crippen LogP contribution in [0.4, 0.5) is 10.1 Å². The van der Waals surface area contributed by atoms with Crippen LogP contribution in [0.1, 0.15) is 30.0 Å². The predicted molar refractivity (Wildman–Crippen MR) is 132 cm³/mol. The number of amides is 2. The number of benzene rings is 3. The Kier molecular flexibility index (Phi) is 7.65.